The third kappa shape index (κ3) is 3.74. The third-order valence-corrected chi connectivity index (χ3v) is 2.74. The normalized spacial score (nSPS) is 15.4. The highest BCUT2D eigenvalue weighted by Gasteiger charge is 2.16. The molecule has 0 amide bonds. The Kier molecular flexibility index (Phi) is 3.49. The van der Waals surface area contributed by atoms with Crippen molar-refractivity contribution in [3.63, 3.8) is 0 Å². The van der Waals surface area contributed by atoms with Gasteiger partial charge in [0.1, 0.15) is 4.58 Å². The first-order chi connectivity index (χ1) is 3.98. The summed E-state index contributed by atoms with van der Waals surface area (Å²) in [4.78, 5) is 0. The van der Waals surface area contributed by atoms with Gasteiger partial charge in [-0.25, -0.2) is 0 Å². The summed E-state index contributed by atoms with van der Waals surface area (Å²) in [5.74, 6) is 0. The summed E-state index contributed by atoms with van der Waals surface area (Å²) >= 11 is 3.57. The summed E-state index contributed by atoms with van der Waals surface area (Å²) < 4.78 is 27.5. The zero-order valence-electron chi connectivity index (χ0n) is 4.69. The van der Waals surface area contributed by atoms with Crippen molar-refractivity contribution >= 4 is 22.7 Å². The summed E-state index contributed by atoms with van der Waals surface area (Å²) in [5, 5.41) is 0. The quantitative estimate of drug-likeness (QED) is 0.394. The van der Waals surface area contributed by atoms with Gasteiger partial charge >= 0.3 is 0 Å². The van der Waals surface area contributed by atoms with E-state index in [0.29, 0.717) is 0 Å². The number of hydrogen-bond donors (Lipinski definition) is 3. The molecule has 4 nitrogen and oxygen atoms in total. The van der Waals surface area contributed by atoms with Crippen LogP contribution in [0.15, 0.2) is 0 Å². The van der Waals surface area contributed by atoms with Crippen LogP contribution in [0.2, 0.25) is 0 Å². The first-order valence-corrected chi connectivity index (χ1v) is 4.35. The second kappa shape index (κ2) is 3.40. The molecule has 9 heavy (non-hydrogen) atoms. The molecule has 1 atom stereocenters. The topological polar surface area (TPSA) is 80.4 Å². The summed E-state index contributed by atoms with van der Waals surface area (Å²) in [5.41, 5.74) is 5.00. The van der Waals surface area contributed by atoms with Crippen LogP contribution in [0.4, 0.5) is 0 Å². The van der Waals surface area contributed by atoms with E-state index in [0.717, 1.165) is 0 Å². The van der Waals surface area contributed by atoms with E-state index in [2.05, 4.69) is 12.6 Å². The Hall–Kier alpha value is 0.220. The van der Waals surface area contributed by atoms with Gasteiger partial charge in [0, 0.05) is 0 Å². The lowest BCUT2D eigenvalue weighted by Crippen LogP contribution is -2.17. The SMILES string of the molecule is NCCC(S)S(=O)(=O)O. The van der Waals surface area contributed by atoms with Gasteiger partial charge in [-0.15, -0.1) is 0 Å². The van der Waals surface area contributed by atoms with Crippen LogP contribution < -0.4 is 5.73 Å². The van der Waals surface area contributed by atoms with Crippen molar-refractivity contribution in [2.45, 2.75) is 11.0 Å². The van der Waals surface area contributed by atoms with Crippen molar-refractivity contribution in [1.82, 2.24) is 0 Å². The van der Waals surface area contributed by atoms with E-state index < -0.39 is 14.7 Å². The molecule has 0 aromatic rings. The Morgan fingerprint density at radius 2 is 2.11 bits per heavy atom. The van der Waals surface area contributed by atoms with Gasteiger partial charge in [0.2, 0.25) is 0 Å². The van der Waals surface area contributed by atoms with E-state index in [9.17, 15) is 8.42 Å². The van der Waals surface area contributed by atoms with Crippen LogP contribution >= 0.6 is 12.6 Å². The largest absolute Gasteiger partial charge is 0.330 e. The highest BCUT2D eigenvalue weighted by atomic mass is 32.3. The minimum absolute atomic E-state index is 0.169. The van der Waals surface area contributed by atoms with E-state index >= 15 is 0 Å². The molecular formula is C3H9NO3S2. The molecule has 0 saturated heterocycles. The predicted molar refractivity (Wildman–Crippen MR) is 38.0 cm³/mol. The lowest BCUT2D eigenvalue weighted by molar-refractivity contribution is 0.478. The van der Waals surface area contributed by atoms with E-state index in [-0.39, 0.29) is 13.0 Å². The number of nitrogens with two attached hydrogens (primary N) is 1. The predicted octanol–water partition coefficient (Wildman–Crippen LogP) is -0.521. The maximum absolute atomic E-state index is 10.1. The first-order valence-electron chi connectivity index (χ1n) is 2.33. The molecule has 0 bridgehead atoms. The van der Waals surface area contributed by atoms with Crippen LogP contribution in [0.25, 0.3) is 0 Å². The molecule has 0 aromatic carbocycles. The van der Waals surface area contributed by atoms with Crippen molar-refractivity contribution in [3.8, 4) is 0 Å². The van der Waals surface area contributed by atoms with E-state index in [4.69, 9.17) is 10.3 Å². The van der Waals surface area contributed by atoms with Gasteiger partial charge < -0.3 is 5.73 Å². The van der Waals surface area contributed by atoms with Gasteiger partial charge in [-0.1, -0.05) is 0 Å². The fraction of sp³-hybridized carbons (Fsp3) is 1.00. The smallest absolute Gasteiger partial charge is 0.277 e. The van der Waals surface area contributed by atoms with Crippen molar-refractivity contribution in [2.75, 3.05) is 6.54 Å². The van der Waals surface area contributed by atoms with Gasteiger partial charge in [-0.3, -0.25) is 4.55 Å². The minimum Gasteiger partial charge on any atom is -0.330 e. The number of thiol groups is 1. The minimum atomic E-state index is -3.98. The van der Waals surface area contributed by atoms with Gasteiger partial charge in [0.05, 0.1) is 0 Å². The second-order valence-corrected chi connectivity index (χ2v) is 4.12. The Bertz CT molecular complexity index is 164. The summed E-state index contributed by atoms with van der Waals surface area (Å²) in [6.07, 6.45) is 0.169. The Morgan fingerprint density at radius 1 is 1.67 bits per heavy atom. The van der Waals surface area contributed by atoms with Gasteiger partial charge in [-0.05, 0) is 13.0 Å². The van der Waals surface area contributed by atoms with Crippen LogP contribution in [0.3, 0.4) is 0 Å². The zero-order chi connectivity index (χ0) is 7.49. The monoisotopic (exact) mass is 171 g/mol. The molecule has 1 unspecified atom stereocenters. The molecule has 0 spiro atoms. The van der Waals surface area contributed by atoms with Crippen LogP contribution in [-0.4, -0.2) is 24.1 Å². The average molecular weight is 171 g/mol. The number of hydrogen-bond acceptors (Lipinski definition) is 4. The van der Waals surface area contributed by atoms with Crippen LogP contribution in [0, 0.1) is 0 Å². The maximum Gasteiger partial charge on any atom is 0.277 e. The lowest BCUT2D eigenvalue weighted by Gasteiger charge is -2.02. The molecular weight excluding hydrogens is 162 g/mol. The van der Waals surface area contributed by atoms with Crippen molar-refractivity contribution < 1.29 is 13.0 Å². The second-order valence-electron chi connectivity index (χ2n) is 1.55. The molecule has 0 rings (SSSR count). The fourth-order valence-corrected chi connectivity index (χ4v) is 0.875. The zero-order valence-corrected chi connectivity index (χ0v) is 6.40. The molecule has 0 heterocycles. The molecule has 0 aliphatic rings. The molecule has 0 fully saturated rings. The standard InChI is InChI=1S/C3H9NO3S2/c4-2-1-3(8)9(5,6)7/h3,8H,1-2,4H2,(H,5,6,7). The summed E-state index contributed by atoms with van der Waals surface area (Å²) in [6, 6.07) is 0. The van der Waals surface area contributed by atoms with E-state index in [1.165, 1.54) is 0 Å². The molecule has 0 aliphatic carbocycles. The Morgan fingerprint density at radius 3 is 2.22 bits per heavy atom. The summed E-state index contributed by atoms with van der Waals surface area (Å²) in [6.45, 7) is 0.202. The van der Waals surface area contributed by atoms with Gasteiger partial charge in [0.25, 0.3) is 10.1 Å². The maximum atomic E-state index is 10.1. The number of rotatable bonds is 3. The highest BCUT2D eigenvalue weighted by molar-refractivity contribution is 8.01. The highest BCUT2D eigenvalue weighted by Crippen LogP contribution is 2.06. The lowest BCUT2D eigenvalue weighted by atomic mass is 10.5. The molecule has 0 aromatic heterocycles. The Balaban J connectivity index is 3.90. The first kappa shape index (κ1) is 9.22. The van der Waals surface area contributed by atoms with Crippen LogP contribution in [0.1, 0.15) is 6.42 Å². The van der Waals surface area contributed by atoms with Crippen molar-refractivity contribution in [2.24, 2.45) is 5.73 Å². The molecule has 6 heteroatoms. The summed E-state index contributed by atoms with van der Waals surface area (Å²) in [7, 11) is -3.98. The molecule has 0 saturated carbocycles. The Labute approximate surface area is 59.6 Å². The molecule has 56 valence electrons. The van der Waals surface area contributed by atoms with Crippen LogP contribution in [0.5, 0.6) is 0 Å². The van der Waals surface area contributed by atoms with Crippen molar-refractivity contribution in [3.05, 3.63) is 0 Å². The van der Waals surface area contributed by atoms with Gasteiger partial charge in [0.15, 0.2) is 0 Å². The third-order valence-electron chi connectivity index (χ3n) is 0.757. The fourth-order valence-electron chi connectivity index (χ4n) is 0.292. The van der Waals surface area contributed by atoms with Crippen molar-refractivity contribution in [1.29, 1.82) is 0 Å². The van der Waals surface area contributed by atoms with E-state index in [1.54, 1.807) is 0 Å². The van der Waals surface area contributed by atoms with Gasteiger partial charge in [-0.2, -0.15) is 21.0 Å². The molecule has 0 radical (unpaired) electrons. The molecule has 0 aliphatic heterocycles. The molecule has 3 N–H and O–H groups in total. The van der Waals surface area contributed by atoms with Crippen LogP contribution in [-0.2, 0) is 10.1 Å². The average Bonchev–Trinajstić information content (AvgIpc) is 1.64. The van der Waals surface area contributed by atoms with E-state index in [1.807, 2.05) is 0 Å².